The van der Waals surface area contributed by atoms with Crippen LogP contribution in [0.2, 0.25) is 0 Å². The van der Waals surface area contributed by atoms with Crippen molar-refractivity contribution in [2.45, 2.75) is 19.9 Å². The summed E-state index contributed by atoms with van der Waals surface area (Å²) in [5.74, 6) is -0.135. The zero-order valence-electron chi connectivity index (χ0n) is 11.3. The number of carbonyl (C=O) groups is 1. The van der Waals surface area contributed by atoms with Crippen molar-refractivity contribution >= 4 is 27.5 Å². The van der Waals surface area contributed by atoms with E-state index in [0.29, 0.717) is 22.3 Å². The van der Waals surface area contributed by atoms with Crippen molar-refractivity contribution in [2.24, 2.45) is 0 Å². The van der Waals surface area contributed by atoms with E-state index in [2.05, 4.69) is 40.3 Å². The quantitative estimate of drug-likeness (QED) is 0.841. The first-order chi connectivity index (χ1) is 9.61. The molecule has 0 atom stereocenters. The number of rotatable bonds is 4. The lowest BCUT2D eigenvalue weighted by Gasteiger charge is -2.09. The second kappa shape index (κ2) is 6.57. The molecule has 2 rings (SSSR count). The molecule has 2 aromatic carbocycles. The predicted molar refractivity (Wildman–Crippen MR) is 85.5 cm³/mol. The molecule has 0 bridgehead atoms. The van der Waals surface area contributed by atoms with Crippen LogP contribution in [0.5, 0.6) is 0 Å². The molecule has 3 nitrogen and oxygen atoms in total. The SMILES string of the molecule is CCc1ccc(CNC(=O)c2cccc(N)c2Br)cc1. The average Bonchev–Trinajstić information content (AvgIpc) is 2.48. The first kappa shape index (κ1) is 14.6. The number of carbonyl (C=O) groups excluding carboxylic acids is 1. The zero-order chi connectivity index (χ0) is 14.5. The van der Waals surface area contributed by atoms with E-state index in [9.17, 15) is 4.79 Å². The number of nitrogens with two attached hydrogens (primary N) is 1. The molecule has 0 saturated heterocycles. The Hall–Kier alpha value is -1.81. The summed E-state index contributed by atoms with van der Waals surface area (Å²) in [6.45, 7) is 2.62. The number of amides is 1. The van der Waals surface area contributed by atoms with Gasteiger partial charge in [0, 0.05) is 12.2 Å². The Labute approximate surface area is 127 Å². The summed E-state index contributed by atoms with van der Waals surface area (Å²) in [7, 11) is 0. The fraction of sp³-hybridized carbons (Fsp3) is 0.188. The molecule has 0 unspecified atom stereocenters. The van der Waals surface area contributed by atoms with Gasteiger partial charge in [-0.25, -0.2) is 0 Å². The van der Waals surface area contributed by atoms with Crippen LogP contribution in [0.15, 0.2) is 46.9 Å². The van der Waals surface area contributed by atoms with Crippen LogP contribution < -0.4 is 11.1 Å². The highest BCUT2D eigenvalue weighted by Gasteiger charge is 2.11. The molecule has 0 aliphatic heterocycles. The molecule has 0 fully saturated rings. The number of benzene rings is 2. The van der Waals surface area contributed by atoms with Crippen molar-refractivity contribution in [3.05, 3.63) is 63.6 Å². The predicted octanol–water partition coefficient (Wildman–Crippen LogP) is 3.52. The molecule has 3 N–H and O–H groups in total. The maximum Gasteiger partial charge on any atom is 0.252 e. The van der Waals surface area contributed by atoms with E-state index in [0.717, 1.165) is 12.0 Å². The average molecular weight is 333 g/mol. The Bertz CT molecular complexity index is 608. The Morgan fingerprint density at radius 3 is 2.45 bits per heavy atom. The summed E-state index contributed by atoms with van der Waals surface area (Å²) in [6, 6.07) is 13.5. The highest BCUT2D eigenvalue weighted by atomic mass is 79.9. The Balaban J connectivity index is 2.02. The van der Waals surface area contributed by atoms with Crippen molar-refractivity contribution in [3.8, 4) is 0 Å². The molecule has 1 amide bonds. The third kappa shape index (κ3) is 3.39. The summed E-state index contributed by atoms with van der Waals surface area (Å²) in [6.07, 6.45) is 1.02. The summed E-state index contributed by atoms with van der Waals surface area (Å²) < 4.78 is 0.638. The standard InChI is InChI=1S/C16H17BrN2O/c1-2-11-6-8-12(9-7-11)10-19-16(20)13-4-3-5-14(18)15(13)17/h3-9H,2,10,18H2,1H3,(H,19,20). The molecule has 0 aliphatic rings. The van der Waals surface area contributed by atoms with Crippen molar-refractivity contribution in [2.75, 3.05) is 5.73 Å². The van der Waals surface area contributed by atoms with Crippen LogP contribution in [0.3, 0.4) is 0 Å². The number of aryl methyl sites for hydroxylation is 1. The van der Waals surface area contributed by atoms with Crippen LogP contribution in [0, 0.1) is 0 Å². The van der Waals surface area contributed by atoms with Crippen LogP contribution in [-0.2, 0) is 13.0 Å². The van der Waals surface area contributed by atoms with E-state index in [4.69, 9.17) is 5.73 Å². The molecule has 0 aromatic heterocycles. The molecule has 0 radical (unpaired) electrons. The third-order valence-electron chi connectivity index (χ3n) is 3.16. The number of nitrogen functional groups attached to an aromatic ring is 1. The molecule has 2 aromatic rings. The van der Waals surface area contributed by atoms with E-state index in [1.54, 1.807) is 18.2 Å². The summed E-state index contributed by atoms with van der Waals surface area (Å²) in [4.78, 5) is 12.1. The largest absolute Gasteiger partial charge is 0.398 e. The first-order valence-electron chi connectivity index (χ1n) is 6.51. The van der Waals surface area contributed by atoms with Gasteiger partial charge in [-0.3, -0.25) is 4.79 Å². The monoisotopic (exact) mass is 332 g/mol. The summed E-state index contributed by atoms with van der Waals surface area (Å²) in [5.41, 5.74) is 9.25. The van der Waals surface area contributed by atoms with Gasteiger partial charge in [0.05, 0.1) is 10.0 Å². The molecule has 0 aliphatic carbocycles. The molecule has 0 spiro atoms. The van der Waals surface area contributed by atoms with Gasteiger partial charge in [-0.15, -0.1) is 0 Å². The van der Waals surface area contributed by atoms with E-state index < -0.39 is 0 Å². The number of hydrogen-bond donors (Lipinski definition) is 2. The second-order valence-corrected chi connectivity index (χ2v) is 5.35. The first-order valence-corrected chi connectivity index (χ1v) is 7.31. The van der Waals surface area contributed by atoms with E-state index in [-0.39, 0.29) is 5.91 Å². The maximum absolute atomic E-state index is 12.1. The fourth-order valence-corrected chi connectivity index (χ4v) is 2.34. The van der Waals surface area contributed by atoms with Crippen molar-refractivity contribution in [1.82, 2.24) is 5.32 Å². The van der Waals surface area contributed by atoms with Crippen molar-refractivity contribution < 1.29 is 4.79 Å². The van der Waals surface area contributed by atoms with Gasteiger partial charge in [-0.2, -0.15) is 0 Å². The summed E-state index contributed by atoms with van der Waals surface area (Å²) in [5, 5.41) is 2.90. The Morgan fingerprint density at radius 1 is 1.15 bits per heavy atom. The fourth-order valence-electron chi connectivity index (χ4n) is 1.90. The molecule has 0 heterocycles. The van der Waals surface area contributed by atoms with Crippen LogP contribution in [0.25, 0.3) is 0 Å². The van der Waals surface area contributed by atoms with E-state index in [1.807, 2.05) is 12.1 Å². The van der Waals surface area contributed by atoms with Crippen LogP contribution in [0.1, 0.15) is 28.4 Å². The lowest BCUT2D eigenvalue weighted by atomic mass is 10.1. The number of anilines is 1. The van der Waals surface area contributed by atoms with Gasteiger partial charge in [0.25, 0.3) is 5.91 Å². The maximum atomic E-state index is 12.1. The van der Waals surface area contributed by atoms with Gasteiger partial charge in [0.2, 0.25) is 0 Å². The van der Waals surface area contributed by atoms with Gasteiger partial charge in [0.15, 0.2) is 0 Å². The number of hydrogen-bond acceptors (Lipinski definition) is 2. The Morgan fingerprint density at radius 2 is 1.80 bits per heavy atom. The normalized spacial score (nSPS) is 10.3. The van der Waals surface area contributed by atoms with Crippen LogP contribution in [-0.4, -0.2) is 5.91 Å². The highest BCUT2D eigenvalue weighted by Crippen LogP contribution is 2.23. The minimum Gasteiger partial charge on any atom is -0.398 e. The van der Waals surface area contributed by atoms with Crippen LogP contribution >= 0.6 is 15.9 Å². The molecular weight excluding hydrogens is 316 g/mol. The summed E-state index contributed by atoms with van der Waals surface area (Å²) >= 11 is 3.34. The molecular formula is C16H17BrN2O. The van der Waals surface area contributed by atoms with Crippen molar-refractivity contribution in [3.63, 3.8) is 0 Å². The molecule has 0 saturated carbocycles. The van der Waals surface area contributed by atoms with Crippen LogP contribution in [0.4, 0.5) is 5.69 Å². The van der Waals surface area contributed by atoms with Gasteiger partial charge < -0.3 is 11.1 Å². The topological polar surface area (TPSA) is 55.1 Å². The minimum atomic E-state index is -0.135. The smallest absolute Gasteiger partial charge is 0.252 e. The van der Waals surface area contributed by atoms with Gasteiger partial charge >= 0.3 is 0 Å². The number of nitrogens with one attached hydrogen (secondary N) is 1. The zero-order valence-corrected chi connectivity index (χ0v) is 12.9. The molecule has 4 heteroatoms. The number of halogens is 1. The highest BCUT2D eigenvalue weighted by molar-refractivity contribution is 9.10. The minimum absolute atomic E-state index is 0.135. The van der Waals surface area contributed by atoms with Crippen molar-refractivity contribution in [1.29, 1.82) is 0 Å². The molecule has 104 valence electrons. The second-order valence-electron chi connectivity index (χ2n) is 4.56. The van der Waals surface area contributed by atoms with E-state index >= 15 is 0 Å². The van der Waals surface area contributed by atoms with E-state index in [1.165, 1.54) is 5.56 Å². The molecule has 20 heavy (non-hydrogen) atoms. The van der Waals surface area contributed by atoms with Gasteiger partial charge in [-0.05, 0) is 45.6 Å². The Kier molecular flexibility index (Phi) is 4.79. The lowest BCUT2D eigenvalue weighted by Crippen LogP contribution is -2.23. The van der Waals surface area contributed by atoms with Gasteiger partial charge in [0.1, 0.15) is 0 Å². The lowest BCUT2D eigenvalue weighted by molar-refractivity contribution is 0.0950. The third-order valence-corrected chi connectivity index (χ3v) is 4.04. The van der Waals surface area contributed by atoms with Gasteiger partial charge in [-0.1, -0.05) is 37.3 Å².